The quantitative estimate of drug-likeness (QED) is 0.630. The van der Waals surface area contributed by atoms with Crippen LogP contribution in [0.2, 0.25) is 0 Å². The molecule has 0 saturated carbocycles. The fraction of sp³-hybridized carbons (Fsp3) is 0.565. The fourth-order valence-corrected chi connectivity index (χ4v) is 3.55. The van der Waals surface area contributed by atoms with Crippen molar-refractivity contribution in [1.29, 1.82) is 0 Å². The smallest absolute Gasteiger partial charge is 0.419 e. The van der Waals surface area contributed by atoms with Gasteiger partial charge in [0, 0.05) is 70.6 Å². The first-order valence-electron chi connectivity index (χ1n) is 11.3. The highest BCUT2D eigenvalue weighted by Crippen LogP contribution is 2.28. The molecule has 1 fully saturated rings. The minimum Gasteiger partial charge on any atom is -0.444 e. The molecule has 9 nitrogen and oxygen atoms in total. The van der Waals surface area contributed by atoms with E-state index in [0.717, 1.165) is 12.4 Å². The predicted molar refractivity (Wildman–Crippen MR) is 123 cm³/mol. The van der Waals surface area contributed by atoms with Gasteiger partial charge in [0.25, 0.3) is 5.91 Å². The van der Waals surface area contributed by atoms with Crippen molar-refractivity contribution in [3.8, 4) is 0 Å². The summed E-state index contributed by atoms with van der Waals surface area (Å²) in [5.41, 5.74) is -0.955. The van der Waals surface area contributed by atoms with Gasteiger partial charge in [-0.15, -0.1) is 0 Å². The van der Waals surface area contributed by atoms with Crippen LogP contribution in [-0.4, -0.2) is 81.2 Å². The summed E-state index contributed by atoms with van der Waals surface area (Å²) in [4.78, 5) is 37.8. The van der Waals surface area contributed by atoms with E-state index in [0.29, 0.717) is 38.3 Å². The van der Waals surface area contributed by atoms with Crippen LogP contribution in [0.1, 0.15) is 43.6 Å². The highest BCUT2D eigenvalue weighted by atomic mass is 19.4. The van der Waals surface area contributed by atoms with Gasteiger partial charge in [-0.1, -0.05) is 0 Å². The average Bonchev–Trinajstić information content (AvgIpc) is 3.25. The first-order valence-corrected chi connectivity index (χ1v) is 11.3. The molecule has 2 amide bonds. The van der Waals surface area contributed by atoms with Crippen LogP contribution in [0.5, 0.6) is 0 Å². The highest BCUT2D eigenvalue weighted by molar-refractivity contribution is 5.94. The van der Waals surface area contributed by atoms with E-state index in [1.807, 2.05) is 32.3 Å². The lowest BCUT2D eigenvalue weighted by Crippen LogP contribution is -2.49. The Labute approximate surface area is 202 Å². The molecule has 2 aromatic heterocycles. The third-order valence-corrected chi connectivity index (χ3v) is 5.63. The Bertz CT molecular complexity index is 1020. The van der Waals surface area contributed by atoms with Gasteiger partial charge in [-0.25, -0.2) is 14.8 Å². The van der Waals surface area contributed by atoms with Gasteiger partial charge in [0.2, 0.25) is 5.95 Å². The molecule has 0 N–H and O–H groups in total. The zero-order valence-electron chi connectivity index (χ0n) is 20.5. The molecule has 0 aliphatic carbocycles. The van der Waals surface area contributed by atoms with E-state index in [4.69, 9.17) is 4.74 Å². The van der Waals surface area contributed by atoms with Gasteiger partial charge in [0.1, 0.15) is 5.60 Å². The zero-order valence-corrected chi connectivity index (χ0v) is 20.5. The molecule has 3 heterocycles. The SMILES string of the molecule is C[C@@H](Cn1ccc(C(=O)N2CCN(c3ncc(C(F)(F)F)cn3)CC2)c1)N(C)C(=O)OC(C)(C)C. The fourth-order valence-electron chi connectivity index (χ4n) is 3.55. The maximum absolute atomic E-state index is 12.9. The van der Waals surface area contributed by atoms with Crippen molar-refractivity contribution in [1.82, 2.24) is 24.3 Å². The van der Waals surface area contributed by atoms with Crippen molar-refractivity contribution < 1.29 is 27.5 Å². The Morgan fingerprint density at radius 3 is 2.26 bits per heavy atom. The second-order valence-corrected chi connectivity index (χ2v) is 9.59. The molecule has 3 rings (SSSR count). The normalized spacial score (nSPS) is 15.7. The van der Waals surface area contributed by atoms with Crippen molar-refractivity contribution in [3.05, 3.63) is 42.0 Å². The van der Waals surface area contributed by atoms with Crippen LogP contribution in [0, 0.1) is 0 Å². The van der Waals surface area contributed by atoms with Gasteiger partial charge in [-0.2, -0.15) is 13.2 Å². The number of amides is 2. The molecule has 1 saturated heterocycles. The minimum atomic E-state index is -4.48. The van der Waals surface area contributed by atoms with E-state index < -0.39 is 23.4 Å². The third kappa shape index (κ3) is 6.86. The number of nitrogens with zero attached hydrogens (tertiary/aromatic N) is 6. The molecular formula is C23H31F3N6O3. The molecule has 0 aromatic carbocycles. The molecule has 0 radical (unpaired) electrons. The van der Waals surface area contributed by atoms with E-state index in [-0.39, 0.29) is 17.9 Å². The van der Waals surface area contributed by atoms with E-state index in [9.17, 15) is 22.8 Å². The molecule has 12 heteroatoms. The second-order valence-electron chi connectivity index (χ2n) is 9.59. The van der Waals surface area contributed by atoms with Crippen LogP contribution in [0.3, 0.4) is 0 Å². The van der Waals surface area contributed by atoms with Gasteiger partial charge in [-0.3, -0.25) is 4.79 Å². The third-order valence-electron chi connectivity index (χ3n) is 5.63. The number of anilines is 1. The Morgan fingerprint density at radius 2 is 1.71 bits per heavy atom. The Morgan fingerprint density at radius 1 is 1.11 bits per heavy atom. The topological polar surface area (TPSA) is 83.8 Å². The number of ether oxygens (including phenoxy) is 1. The lowest BCUT2D eigenvalue weighted by molar-refractivity contribution is -0.138. The number of carbonyl (C=O) groups excluding carboxylic acids is 2. The number of piperazine rings is 1. The van der Waals surface area contributed by atoms with Crippen LogP contribution in [-0.2, 0) is 17.5 Å². The molecule has 1 aliphatic heterocycles. The van der Waals surface area contributed by atoms with Crippen LogP contribution in [0.15, 0.2) is 30.9 Å². The summed E-state index contributed by atoms with van der Waals surface area (Å²) < 4.78 is 45.4. The predicted octanol–water partition coefficient (Wildman–Crippen LogP) is 3.51. The van der Waals surface area contributed by atoms with Gasteiger partial charge >= 0.3 is 12.3 Å². The summed E-state index contributed by atoms with van der Waals surface area (Å²) in [6.45, 7) is 9.43. The standard InChI is InChI=1S/C23H31F3N6O3/c1-16(29(5)21(34)35-22(2,3)4)14-30-7-6-17(15-30)19(33)31-8-10-32(11-9-31)20-27-12-18(13-28-20)23(24,25)26/h6-7,12-13,15-16H,8-11,14H2,1-5H3/t16-/m0/s1. The summed E-state index contributed by atoms with van der Waals surface area (Å²) >= 11 is 0. The molecule has 1 aliphatic rings. The molecular weight excluding hydrogens is 465 g/mol. The number of halogens is 3. The molecule has 192 valence electrons. The molecule has 0 spiro atoms. The minimum absolute atomic E-state index is 0.134. The largest absolute Gasteiger partial charge is 0.444 e. The molecule has 0 bridgehead atoms. The summed E-state index contributed by atoms with van der Waals surface area (Å²) in [6.07, 6.45) is 0.172. The first kappa shape index (κ1) is 26.3. The van der Waals surface area contributed by atoms with Gasteiger partial charge in [0.15, 0.2) is 0 Å². The van der Waals surface area contributed by atoms with E-state index >= 15 is 0 Å². The monoisotopic (exact) mass is 496 g/mol. The van der Waals surface area contributed by atoms with Crippen LogP contribution >= 0.6 is 0 Å². The second kappa shape index (κ2) is 10.1. The van der Waals surface area contributed by atoms with Crippen molar-refractivity contribution in [2.45, 2.75) is 52.1 Å². The van der Waals surface area contributed by atoms with Gasteiger partial charge in [0.05, 0.1) is 11.1 Å². The molecule has 1 atom stereocenters. The first-order chi connectivity index (χ1) is 16.2. The zero-order chi connectivity index (χ0) is 26.0. The van der Waals surface area contributed by atoms with Crippen molar-refractivity contribution >= 4 is 17.9 Å². The Balaban J connectivity index is 1.53. The Hall–Kier alpha value is -3.31. The van der Waals surface area contributed by atoms with E-state index in [2.05, 4.69) is 9.97 Å². The Kier molecular flexibility index (Phi) is 7.61. The average molecular weight is 497 g/mol. The van der Waals surface area contributed by atoms with Crippen molar-refractivity contribution in [3.63, 3.8) is 0 Å². The summed E-state index contributed by atoms with van der Waals surface area (Å²) in [6, 6.07) is 1.57. The number of rotatable bonds is 5. The lowest BCUT2D eigenvalue weighted by atomic mass is 10.2. The van der Waals surface area contributed by atoms with Crippen LogP contribution in [0.4, 0.5) is 23.9 Å². The van der Waals surface area contributed by atoms with Crippen molar-refractivity contribution in [2.24, 2.45) is 0 Å². The summed E-state index contributed by atoms with van der Waals surface area (Å²) in [5, 5.41) is 0. The van der Waals surface area contributed by atoms with Gasteiger partial charge in [-0.05, 0) is 33.8 Å². The maximum Gasteiger partial charge on any atom is 0.419 e. The number of likely N-dealkylation sites (N-methyl/N-ethyl adjacent to an activating group) is 1. The number of alkyl halides is 3. The molecule has 35 heavy (non-hydrogen) atoms. The van der Waals surface area contributed by atoms with E-state index in [1.54, 1.807) is 35.3 Å². The molecule has 2 aromatic rings. The summed E-state index contributed by atoms with van der Waals surface area (Å²) in [5.74, 6) is 0.0734. The van der Waals surface area contributed by atoms with Gasteiger partial charge < -0.3 is 24.0 Å². The number of hydrogen-bond acceptors (Lipinski definition) is 6. The van der Waals surface area contributed by atoms with Crippen LogP contribution < -0.4 is 4.90 Å². The number of carbonyl (C=O) groups is 2. The lowest BCUT2D eigenvalue weighted by Gasteiger charge is -2.34. The summed E-state index contributed by atoms with van der Waals surface area (Å²) in [7, 11) is 1.67. The molecule has 0 unspecified atom stereocenters. The maximum atomic E-state index is 12.9. The van der Waals surface area contributed by atoms with Crippen LogP contribution in [0.25, 0.3) is 0 Å². The van der Waals surface area contributed by atoms with Crippen molar-refractivity contribution in [2.75, 3.05) is 38.1 Å². The van der Waals surface area contributed by atoms with E-state index in [1.165, 1.54) is 4.90 Å². The number of aromatic nitrogens is 3. The highest BCUT2D eigenvalue weighted by Gasteiger charge is 2.32. The number of hydrogen-bond donors (Lipinski definition) is 0.